The molecular weight excluding hydrogens is 294 g/mol. The number of carboxylic acid groups (broad SMARTS) is 1. The number of aromatic carboxylic acids is 1. The van der Waals surface area contributed by atoms with Crippen LogP contribution in [0.15, 0.2) is 24.4 Å². The number of aromatic amines is 1. The van der Waals surface area contributed by atoms with Crippen molar-refractivity contribution in [3.63, 3.8) is 0 Å². The highest BCUT2D eigenvalue weighted by Gasteiger charge is 2.23. The van der Waals surface area contributed by atoms with Crippen molar-refractivity contribution in [1.82, 2.24) is 24.9 Å². The van der Waals surface area contributed by atoms with Gasteiger partial charge in [-0.1, -0.05) is 17.3 Å². The predicted molar refractivity (Wildman–Crippen MR) is 84.1 cm³/mol. The maximum Gasteiger partial charge on any atom is 0.337 e. The zero-order valence-electron chi connectivity index (χ0n) is 12.8. The first-order chi connectivity index (χ1) is 11.1. The smallest absolute Gasteiger partial charge is 0.337 e. The van der Waals surface area contributed by atoms with E-state index in [0.717, 1.165) is 48.3 Å². The number of benzene rings is 1. The molecule has 4 rings (SSSR count). The standard InChI is InChI=1S/C16H17N5O2/c1-20-7-10(18-19-20)8-21-6-5-14-13(9-21)11-3-2-4-12(16(22)23)15(11)17-14/h2-4,7,17H,5-6,8-9H2,1H3,(H,22,23). The summed E-state index contributed by atoms with van der Waals surface area (Å²) in [5.41, 5.74) is 4.34. The third kappa shape index (κ3) is 2.39. The largest absolute Gasteiger partial charge is 0.478 e. The SMILES string of the molecule is Cn1cc(CN2CCc3[nH]c4c(C(=O)O)cccc4c3C2)nn1. The molecule has 1 aliphatic rings. The molecule has 1 aliphatic heterocycles. The van der Waals surface area contributed by atoms with Gasteiger partial charge in [-0.25, -0.2) is 4.79 Å². The predicted octanol–water partition coefficient (Wildman–Crippen LogP) is 1.55. The summed E-state index contributed by atoms with van der Waals surface area (Å²) in [7, 11) is 1.86. The molecular formula is C16H17N5O2. The number of aryl methyl sites for hydroxylation is 1. The fourth-order valence-corrected chi connectivity index (χ4v) is 3.30. The molecule has 0 unspecified atom stereocenters. The van der Waals surface area contributed by atoms with E-state index in [0.29, 0.717) is 5.56 Å². The Labute approximate surface area is 132 Å². The summed E-state index contributed by atoms with van der Waals surface area (Å²) in [6.45, 7) is 2.45. The lowest BCUT2D eigenvalue weighted by atomic mass is 10.0. The van der Waals surface area contributed by atoms with E-state index in [1.165, 1.54) is 5.56 Å². The molecule has 2 aromatic heterocycles. The third-order valence-electron chi connectivity index (χ3n) is 4.36. The zero-order valence-corrected chi connectivity index (χ0v) is 12.8. The number of fused-ring (bicyclic) bond motifs is 3. The highest BCUT2D eigenvalue weighted by atomic mass is 16.4. The minimum atomic E-state index is -0.898. The Hall–Kier alpha value is -2.67. The Morgan fingerprint density at radius 3 is 3.04 bits per heavy atom. The topological polar surface area (TPSA) is 87.0 Å². The van der Waals surface area contributed by atoms with E-state index in [9.17, 15) is 9.90 Å². The van der Waals surface area contributed by atoms with Crippen LogP contribution in [0.1, 0.15) is 27.3 Å². The average Bonchev–Trinajstić information content (AvgIpc) is 3.10. The Bertz CT molecular complexity index is 895. The third-order valence-corrected chi connectivity index (χ3v) is 4.36. The van der Waals surface area contributed by atoms with Crippen LogP contribution >= 0.6 is 0 Å². The van der Waals surface area contributed by atoms with Crippen LogP contribution in [0.3, 0.4) is 0 Å². The molecule has 0 radical (unpaired) electrons. The summed E-state index contributed by atoms with van der Waals surface area (Å²) >= 11 is 0. The number of carboxylic acids is 1. The minimum Gasteiger partial charge on any atom is -0.478 e. The molecule has 0 saturated heterocycles. The van der Waals surface area contributed by atoms with E-state index < -0.39 is 5.97 Å². The summed E-state index contributed by atoms with van der Waals surface area (Å²) < 4.78 is 1.70. The zero-order chi connectivity index (χ0) is 16.0. The van der Waals surface area contributed by atoms with Crippen LogP contribution < -0.4 is 0 Å². The molecule has 7 nitrogen and oxygen atoms in total. The number of aromatic nitrogens is 4. The first-order valence-electron chi connectivity index (χ1n) is 7.55. The molecule has 0 saturated carbocycles. The molecule has 3 aromatic rings. The molecule has 2 N–H and O–H groups in total. The molecule has 7 heteroatoms. The summed E-state index contributed by atoms with van der Waals surface area (Å²) in [6.07, 6.45) is 2.80. The molecule has 0 amide bonds. The maximum atomic E-state index is 11.4. The van der Waals surface area contributed by atoms with Crippen LogP contribution in [0.5, 0.6) is 0 Å². The first kappa shape index (κ1) is 14.0. The van der Waals surface area contributed by atoms with Crippen molar-refractivity contribution in [2.75, 3.05) is 6.54 Å². The Morgan fingerprint density at radius 2 is 2.30 bits per heavy atom. The van der Waals surface area contributed by atoms with Crippen molar-refractivity contribution < 1.29 is 9.90 Å². The molecule has 0 bridgehead atoms. The van der Waals surface area contributed by atoms with E-state index in [-0.39, 0.29) is 0 Å². The van der Waals surface area contributed by atoms with Crippen LogP contribution in [0.4, 0.5) is 0 Å². The second kappa shape index (κ2) is 5.20. The Kier molecular flexibility index (Phi) is 3.16. The number of carbonyl (C=O) groups is 1. The lowest BCUT2D eigenvalue weighted by molar-refractivity contribution is 0.0699. The Balaban J connectivity index is 1.67. The molecule has 3 heterocycles. The first-order valence-corrected chi connectivity index (χ1v) is 7.55. The molecule has 0 aliphatic carbocycles. The normalized spacial score (nSPS) is 15.0. The van der Waals surface area contributed by atoms with Crippen molar-refractivity contribution in [2.45, 2.75) is 19.5 Å². The van der Waals surface area contributed by atoms with Gasteiger partial charge in [0.1, 0.15) is 0 Å². The number of para-hydroxylation sites is 1. The van der Waals surface area contributed by atoms with Gasteiger partial charge in [-0.05, 0) is 11.6 Å². The van der Waals surface area contributed by atoms with E-state index in [1.54, 1.807) is 10.7 Å². The van der Waals surface area contributed by atoms with E-state index in [4.69, 9.17) is 0 Å². The van der Waals surface area contributed by atoms with Crippen LogP contribution in [0, 0.1) is 0 Å². The second-order valence-corrected chi connectivity index (χ2v) is 5.96. The van der Waals surface area contributed by atoms with Crippen molar-refractivity contribution in [3.8, 4) is 0 Å². The molecule has 0 fully saturated rings. The fourth-order valence-electron chi connectivity index (χ4n) is 3.30. The van der Waals surface area contributed by atoms with Crippen LogP contribution in [-0.4, -0.2) is 42.5 Å². The van der Waals surface area contributed by atoms with Gasteiger partial charge in [-0.2, -0.15) is 0 Å². The van der Waals surface area contributed by atoms with Gasteiger partial charge in [0.2, 0.25) is 0 Å². The lowest BCUT2D eigenvalue weighted by Gasteiger charge is -2.26. The van der Waals surface area contributed by atoms with Gasteiger partial charge >= 0.3 is 5.97 Å². The maximum absolute atomic E-state index is 11.4. The van der Waals surface area contributed by atoms with Gasteiger partial charge in [0.25, 0.3) is 0 Å². The highest BCUT2D eigenvalue weighted by Crippen LogP contribution is 2.30. The number of rotatable bonds is 3. The Morgan fingerprint density at radius 1 is 1.43 bits per heavy atom. The summed E-state index contributed by atoms with van der Waals surface area (Å²) in [5.74, 6) is -0.898. The molecule has 0 spiro atoms. The van der Waals surface area contributed by atoms with E-state index >= 15 is 0 Å². The second-order valence-electron chi connectivity index (χ2n) is 5.96. The highest BCUT2D eigenvalue weighted by molar-refractivity contribution is 6.03. The van der Waals surface area contributed by atoms with Crippen molar-refractivity contribution >= 4 is 16.9 Å². The lowest BCUT2D eigenvalue weighted by Crippen LogP contribution is -2.29. The van der Waals surface area contributed by atoms with Gasteiger partial charge in [0, 0.05) is 50.4 Å². The van der Waals surface area contributed by atoms with Gasteiger partial charge < -0.3 is 10.1 Å². The molecule has 23 heavy (non-hydrogen) atoms. The summed E-state index contributed by atoms with van der Waals surface area (Å²) in [4.78, 5) is 17.0. The van der Waals surface area contributed by atoms with Crippen LogP contribution in [0.2, 0.25) is 0 Å². The van der Waals surface area contributed by atoms with E-state index in [1.807, 2.05) is 25.4 Å². The fraction of sp³-hybridized carbons (Fsp3) is 0.312. The average molecular weight is 311 g/mol. The van der Waals surface area contributed by atoms with Gasteiger partial charge in [0.05, 0.1) is 16.8 Å². The monoisotopic (exact) mass is 311 g/mol. The van der Waals surface area contributed by atoms with Gasteiger partial charge in [0.15, 0.2) is 0 Å². The number of nitrogens with zero attached hydrogens (tertiary/aromatic N) is 4. The van der Waals surface area contributed by atoms with Crippen LogP contribution in [-0.2, 0) is 26.6 Å². The van der Waals surface area contributed by atoms with Gasteiger partial charge in [-0.15, -0.1) is 5.10 Å². The summed E-state index contributed by atoms with van der Waals surface area (Å²) in [5, 5.41) is 18.5. The summed E-state index contributed by atoms with van der Waals surface area (Å²) in [6, 6.07) is 5.44. The van der Waals surface area contributed by atoms with E-state index in [2.05, 4.69) is 20.2 Å². The number of nitrogens with one attached hydrogen (secondary N) is 1. The number of hydrogen-bond acceptors (Lipinski definition) is 4. The molecule has 118 valence electrons. The van der Waals surface area contributed by atoms with Crippen molar-refractivity contribution in [1.29, 1.82) is 0 Å². The molecule has 1 aromatic carbocycles. The number of H-pyrrole nitrogens is 1. The number of hydrogen-bond donors (Lipinski definition) is 2. The van der Waals surface area contributed by atoms with Crippen LogP contribution in [0.25, 0.3) is 10.9 Å². The van der Waals surface area contributed by atoms with Gasteiger partial charge in [-0.3, -0.25) is 9.58 Å². The quantitative estimate of drug-likeness (QED) is 0.766. The van der Waals surface area contributed by atoms with Crippen molar-refractivity contribution in [3.05, 3.63) is 46.9 Å². The minimum absolute atomic E-state index is 0.331. The van der Waals surface area contributed by atoms with Crippen molar-refractivity contribution in [2.24, 2.45) is 7.05 Å². The molecule has 0 atom stereocenters.